The van der Waals surface area contributed by atoms with Crippen molar-refractivity contribution in [3.63, 3.8) is 0 Å². The molecule has 0 amide bonds. The summed E-state index contributed by atoms with van der Waals surface area (Å²) in [6.45, 7) is 15.1. The number of hydrogen-bond acceptors (Lipinski definition) is 8. The molecule has 3 aliphatic carbocycles. The standard InChI is InChI=1S/C34H40O9/c1-16(2)10-11-19-24(35)22-25(36)20-14-32(40-9)15-21-31(7,8)43-33(29(32)39,13-12-17(3)28(37)38)34(20,21)42-27(22)23-26(19)41-18(4)30(23,5)6/h10,12,14,18,21,35H,11,13,15H2,1-9H3,(H,37,38)/b17-12+/t18-,21-,32+,33+,34-/m0/s1. The van der Waals surface area contributed by atoms with Crippen LogP contribution >= 0.6 is 0 Å². The molecule has 1 aromatic rings. The summed E-state index contributed by atoms with van der Waals surface area (Å²) in [5.41, 5.74) is -3.91. The summed E-state index contributed by atoms with van der Waals surface area (Å²) in [7, 11) is 1.43. The highest BCUT2D eigenvalue weighted by Gasteiger charge is 2.84. The molecule has 1 aromatic carbocycles. The van der Waals surface area contributed by atoms with E-state index in [9.17, 15) is 24.6 Å². The van der Waals surface area contributed by atoms with Crippen molar-refractivity contribution in [1.82, 2.24) is 0 Å². The van der Waals surface area contributed by atoms with Crippen LogP contribution in [0.4, 0.5) is 0 Å². The Morgan fingerprint density at radius 3 is 2.40 bits per heavy atom. The molecular weight excluding hydrogens is 552 g/mol. The Balaban J connectivity index is 1.70. The summed E-state index contributed by atoms with van der Waals surface area (Å²) >= 11 is 0. The van der Waals surface area contributed by atoms with Crippen LogP contribution in [0.2, 0.25) is 0 Å². The van der Waals surface area contributed by atoms with E-state index in [2.05, 4.69) is 0 Å². The van der Waals surface area contributed by atoms with Gasteiger partial charge in [-0.15, -0.1) is 0 Å². The zero-order valence-electron chi connectivity index (χ0n) is 26.3. The number of carboxylic acid groups (broad SMARTS) is 1. The van der Waals surface area contributed by atoms with Gasteiger partial charge in [0.25, 0.3) is 0 Å². The van der Waals surface area contributed by atoms with E-state index in [0.717, 1.165) is 5.57 Å². The summed E-state index contributed by atoms with van der Waals surface area (Å²) in [6, 6.07) is 0. The number of benzene rings is 1. The quantitative estimate of drug-likeness (QED) is 0.340. The molecule has 2 N–H and O–H groups in total. The van der Waals surface area contributed by atoms with E-state index in [1.54, 1.807) is 6.08 Å². The number of fused-ring (bicyclic) bond motifs is 3. The lowest BCUT2D eigenvalue weighted by Crippen LogP contribution is -2.77. The third kappa shape index (κ3) is 3.43. The van der Waals surface area contributed by atoms with E-state index < -0.39 is 51.3 Å². The van der Waals surface area contributed by atoms with Gasteiger partial charge in [0.1, 0.15) is 34.5 Å². The number of rotatable bonds is 6. The highest BCUT2D eigenvalue weighted by molar-refractivity contribution is 6.20. The second kappa shape index (κ2) is 8.82. The van der Waals surface area contributed by atoms with Crippen LogP contribution in [0.1, 0.15) is 89.7 Å². The minimum Gasteiger partial charge on any atom is -0.507 e. The second-order valence-corrected chi connectivity index (χ2v) is 14.0. The first kappa shape index (κ1) is 29.6. The minimum atomic E-state index is -1.76. The van der Waals surface area contributed by atoms with Gasteiger partial charge in [0.15, 0.2) is 17.0 Å². The van der Waals surface area contributed by atoms with Gasteiger partial charge in [-0.2, -0.15) is 0 Å². The van der Waals surface area contributed by atoms with E-state index in [1.165, 1.54) is 20.1 Å². The number of ketones is 2. The Morgan fingerprint density at radius 1 is 1.12 bits per heavy atom. The molecule has 5 atom stereocenters. The van der Waals surface area contributed by atoms with Crippen LogP contribution in [-0.2, 0) is 30.9 Å². The molecular formula is C34H40O9. The lowest BCUT2D eigenvalue weighted by atomic mass is 9.49. The SMILES string of the molecule is CO[C@]12C=C3C(=O)c4c(O)c(CC=C(C)C)c5c(c4O[C@]34[C@@H](C1)C(C)(C)O[C@]4(C/C=C(\C)C(=O)O)C2=O)C(C)(C)[C@H](C)O5. The average molecular weight is 593 g/mol. The maximum absolute atomic E-state index is 14.8. The van der Waals surface area contributed by atoms with Gasteiger partial charge in [-0.1, -0.05) is 31.6 Å². The van der Waals surface area contributed by atoms with E-state index in [4.69, 9.17) is 18.9 Å². The molecule has 9 heteroatoms. The van der Waals surface area contributed by atoms with Gasteiger partial charge in [0.05, 0.1) is 5.60 Å². The normalized spacial score (nSPS) is 34.1. The first-order valence-electron chi connectivity index (χ1n) is 14.8. The van der Waals surface area contributed by atoms with Crippen molar-refractivity contribution < 1.29 is 43.5 Å². The molecule has 7 rings (SSSR count). The van der Waals surface area contributed by atoms with E-state index in [1.807, 2.05) is 54.5 Å². The summed E-state index contributed by atoms with van der Waals surface area (Å²) in [5.74, 6) is -2.05. The third-order valence-electron chi connectivity index (χ3n) is 10.7. The molecule has 3 heterocycles. The van der Waals surface area contributed by atoms with E-state index in [0.29, 0.717) is 23.3 Å². The van der Waals surface area contributed by atoms with Gasteiger partial charge in [-0.3, -0.25) is 9.59 Å². The number of Topliss-reactive ketones (excluding diaryl/α,β-unsaturated/α-hetero) is 2. The summed E-state index contributed by atoms with van der Waals surface area (Å²) in [6.07, 6.45) is 5.11. The molecule has 4 bridgehead atoms. The van der Waals surface area contributed by atoms with Crippen LogP contribution in [0.25, 0.3) is 0 Å². The number of methoxy groups -OCH3 is 1. The Labute approximate surface area is 251 Å². The van der Waals surface area contributed by atoms with Gasteiger partial charge in [-0.25, -0.2) is 4.79 Å². The fourth-order valence-corrected chi connectivity index (χ4v) is 8.02. The zero-order valence-corrected chi connectivity index (χ0v) is 26.3. The van der Waals surface area contributed by atoms with Crippen molar-refractivity contribution in [2.45, 2.75) is 109 Å². The van der Waals surface area contributed by atoms with Crippen LogP contribution in [-0.4, -0.2) is 63.4 Å². The number of phenols is 1. The van der Waals surface area contributed by atoms with Gasteiger partial charge < -0.3 is 29.2 Å². The van der Waals surface area contributed by atoms with Crippen LogP contribution in [0.3, 0.4) is 0 Å². The lowest BCUT2D eigenvalue weighted by molar-refractivity contribution is -0.190. The van der Waals surface area contributed by atoms with Crippen LogP contribution in [0.5, 0.6) is 17.2 Å². The number of hydrogen-bond donors (Lipinski definition) is 2. The van der Waals surface area contributed by atoms with Gasteiger partial charge in [-0.05, 0) is 60.5 Å². The summed E-state index contributed by atoms with van der Waals surface area (Å²) in [4.78, 5) is 41.2. The molecule has 1 spiro atoms. The Bertz CT molecular complexity index is 1600. The van der Waals surface area contributed by atoms with E-state index in [-0.39, 0.29) is 47.2 Å². The van der Waals surface area contributed by atoms with E-state index >= 15 is 0 Å². The number of aromatic hydroxyl groups is 1. The molecule has 230 valence electrons. The fraction of sp³-hybridized carbons (Fsp3) is 0.559. The number of carbonyl (C=O) groups is 3. The molecule has 2 fully saturated rings. The second-order valence-electron chi connectivity index (χ2n) is 14.0. The Morgan fingerprint density at radius 2 is 1.79 bits per heavy atom. The molecule has 0 aromatic heterocycles. The molecule has 43 heavy (non-hydrogen) atoms. The van der Waals surface area contributed by atoms with Crippen molar-refractivity contribution in [2.75, 3.05) is 7.11 Å². The minimum absolute atomic E-state index is 0.0365. The summed E-state index contributed by atoms with van der Waals surface area (Å²) < 4.78 is 26.1. The predicted molar refractivity (Wildman–Crippen MR) is 157 cm³/mol. The van der Waals surface area contributed by atoms with Crippen molar-refractivity contribution in [3.05, 3.63) is 51.6 Å². The topological polar surface area (TPSA) is 129 Å². The number of aliphatic carboxylic acids is 1. The highest BCUT2D eigenvalue weighted by atomic mass is 16.6. The number of carbonyl (C=O) groups excluding carboxylic acids is 2. The molecule has 0 radical (unpaired) electrons. The van der Waals surface area contributed by atoms with Gasteiger partial charge in [0.2, 0.25) is 5.78 Å². The third-order valence-corrected chi connectivity index (χ3v) is 10.7. The van der Waals surface area contributed by atoms with Crippen LogP contribution in [0.15, 0.2) is 34.9 Å². The van der Waals surface area contributed by atoms with Crippen LogP contribution in [0, 0.1) is 5.92 Å². The first-order valence-corrected chi connectivity index (χ1v) is 14.8. The first-order chi connectivity index (χ1) is 19.9. The average Bonchev–Trinajstić information content (AvgIpc) is 3.25. The summed E-state index contributed by atoms with van der Waals surface area (Å²) in [5, 5.41) is 21.4. The Hall–Kier alpha value is -3.43. The van der Waals surface area contributed by atoms with Gasteiger partial charge in [0, 0.05) is 47.1 Å². The molecule has 0 unspecified atom stereocenters. The number of carboxylic acids is 1. The maximum atomic E-state index is 14.8. The number of ether oxygens (including phenoxy) is 4. The van der Waals surface area contributed by atoms with Crippen molar-refractivity contribution in [3.8, 4) is 17.2 Å². The smallest absolute Gasteiger partial charge is 0.330 e. The predicted octanol–water partition coefficient (Wildman–Crippen LogP) is 5.16. The largest absolute Gasteiger partial charge is 0.507 e. The number of phenolic OH excluding ortho intramolecular Hbond substituents is 1. The highest BCUT2D eigenvalue weighted by Crippen LogP contribution is 2.70. The molecule has 9 nitrogen and oxygen atoms in total. The molecule has 3 aliphatic heterocycles. The molecule has 1 saturated heterocycles. The molecule has 1 saturated carbocycles. The van der Waals surface area contributed by atoms with Gasteiger partial charge >= 0.3 is 5.97 Å². The van der Waals surface area contributed by atoms with Crippen molar-refractivity contribution >= 4 is 17.5 Å². The van der Waals surface area contributed by atoms with Crippen molar-refractivity contribution in [2.24, 2.45) is 5.92 Å². The molecule has 6 aliphatic rings. The monoisotopic (exact) mass is 592 g/mol. The Kier molecular flexibility index (Phi) is 6.08. The van der Waals surface area contributed by atoms with Crippen LogP contribution < -0.4 is 9.47 Å². The fourth-order valence-electron chi connectivity index (χ4n) is 8.02. The maximum Gasteiger partial charge on any atom is 0.330 e. The number of allylic oxidation sites excluding steroid dienone is 2. The zero-order chi connectivity index (χ0) is 31.7. The van der Waals surface area contributed by atoms with Crippen molar-refractivity contribution in [1.29, 1.82) is 0 Å². The lowest BCUT2D eigenvalue weighted by Gasteiger charge is -2.59.